The number of rotatable bonds is 6. The zero-order valence-electron chi connectivity index (χ0n) is 12.0. The van der Waals surface area contributed by atoms with Crippen LogP contribution >= 0.6 is 0 Å². The summed E-state index contributed by atoms with van der Waals surface area (Å²) in [6.07, 6.45) is 1.49. The second-order valence-electron chi connectivity index (χ2n) is 5.77. The first-order chi connectivity index (χ1) is 8.89. The van der Waals surface area contributed by atoms with Crippen LogP contribution in [0, 0.1) is 10.8 Å². The van der Waals surface area contributed by atoms with E-state index in [2.05, 4.69) is 6.58 Å². The molecule has 0 unspecified atom stereocenters. The van der Waals surface area contributed by atoms with Gasteiger partial charge in [-0.05, 0) is 6.42 Å². The van der Waals surface area contributed by atoms with E-state index in [1.807, 2.05) is 20.8 Å². The van der Waals surface area contributed by atoms with Gasteiger partial charge in [0.25, 0.3) is 0 Å². The summed E-state index contributed by atoms with van der Waals surface area (Å²) < 4.78 is 16.5. The Morgan fingerprint density at radius 2 is 2.11 bits per heavy atom. The van der Waals surface area contributed by atoms with E-state index < -0.39 is 17.7 Å². The van der Waals surface area contributed by atoms with Crippen molar-refractivity contribution in [3.63, 3.8) is 0 Å². The van der Waals surface area contributed by atoms with Crippen molar-refractivity contribution in [3.05, 3.63) is 12.7 Å². The van der Waals surface area contributed by atoms with Gasteiger partial charge in [0.2, 0.25) is 0 Å². The van der Waals surface area contributed by atoms with Crippen molar-refractivity contribution in [2.24, 2.45) is 10.8 Å². The van der Waals surface area contributed by atoms with E-state index in [-0.39, 0.29) is 18.6 Å². The minimum absolute atomic E-state index is 0.0117. The molecule has 1 rings (SSSR count). The zero-order chi connectivity index (χ0) is 14.5. The number of hydrogen-bond acceptors (Lipinski definition) is 5. The van der Waals surface area contributed by atoms with Gasteiger partial charge in [0, 0.05) is 11.5 Å². The molecule has 0 radical (unpaired) electrons. The van der Waals surface area contributed by atoms with Crippen LogP contribution in [0.2, 0.25) is 0 Å². The van der Waals surface area contributed by atoms with Crippen LogP contribution in [0.15, 0.2) is 12.7 Å². The van der Waals surface area contributed by atoms with E-state index in [4.69, 9.17) is 14.2 Å². The molecule has 0 aliphatic carbocycles. The van der Waals surface area contributed by atoms with E-state index >= 15 is 0 Å². The van der Waals surface area contributed by atoms with E-state index in [0.29, 0.717) is 13.2 Å². The number of carbonyl (C=O) groups excluding carboxylic acids is 1. The number of hydrogen-bond donors (Lipinski definition) is 1. The Morgan fingerprint density at radius 1 is 1.53 bits per heavy atom. The van der Waals surface area contributed by atoms with Crippen LogP contribution in [0.5, 0.6) is 0 Å². The topological polar surface area (TPSA) is 65.0 Å². The summed E-state index contributed by atoms with van der Waals surface area (Å²) in [6, 6.07) is 0. The Kier molecular flexibility index (Phi) is 5.52. The third-order valence-electron chi connectivity index (χ3n) is 3.56. The highest BCUT2D eigenvalue weighted by molar-refractivity contribution is 5.81. The van der Waals surface area contributed by atoms with Gasteiger partial charge < -0.3 is 19.3 Å². The van der Waals surface area contributed by atoms with Crippen molar-refractivity contribution in [3.8, 4) is 0 Å². The average Bonchev–Trinajstić information content (AvgIpc) is 2.45. The van der Waals surface area contributed by atoms with Crippen molar-refractivity contribution < 1.29 is 24.1 Å². The van der Waals surface area contributed by atoms with Crippen molar-refractivity contribution in [2.45, 2.75) is 33.5 Å². The van der Waals surface area contributed by atoms with Crippen molar-refractivity contribution in [1.29, 1.82) is 0 Å². The third kappa shape index (κ3) is 4.03. The molecule has 1 aliphatic rings. The molecule has 1 heterocycles. The summed E-state index contributed by atoms with van der Waals surface area (Å²) >= 11 is 0. The van der Waals surface area contributed by atoms with E-state index in [1.54, 1.807) is 0 Å². The quantitative estimate of drug-likeness (QED) is 0.586. The lowest BCUT2D eigenvalue weighted by molar-refractivity contribution is -0.279. The Labute approximate surface area is 114 Å². The van der Waals surface area contributed by atoms with Crippen LogP contribution in [0.4, 0.5) is 0 Å². The lowest BCUT2D eigenvalue weighted by Gasteiger charge is -2.43. The highest BCUT2D eigenvalue weighted by Gasteiger charge is 2.41. The molecule has 1 aliphatic heterocycles. The molecular weight excluding hydrogens is 248 g/mol. The molecule has 5 nitrogen and oxygen atoms in total. The van der Waals surface area contributed by atoms with Crippen molar-refractivity contribution in [2.75, 3.05) is 26.4 Å². The summed E-state index contributed by atoms with van der Waals surface area (Å²) in [6.45, 7) is 10.3. The Hall–Kier alpha value is -0.910. The van der Waals surface area contributed by atoms with Crippen LogP contribution in [0.25, 0.3) is 0 Å². The van der Waals surface area contributed by atoms with Gasteiger partial charge in [-0.15, -0.1) is 0 Å². The van der Waals surface area contributed by atoms with Gasteiger partial charge in [0.15, 0.2) is 6.29 Å². The van der Waals surface area contributed by atoms with Gasteiger partial charge in [0.1, 0.15) is 6.61 Å². The van der Waals surface area contributed by atoms with E-state index in [9.17, 15) is 9.90 Å². The highest BCUT2D eigenvalue weighted by Crippen LogP contribution is 2.34. The summed E-state index contributed by atoms with van der Waals surface area (Å²) in [5, 5.41) is 9.30. The van der Waals surface area contributed by atoms with Gasteiger partial charge in [0.05, 0.1) is 25.2 Å². The first-order valence-corrected chi connectivity index (χ1v) is 6.52. The maximum atomic E-state index is 11.1. The lowest BCUT2D eigenvalue weighted by Crippen LogP contribution is -2.50. The van der Waals surface area contributed by atoms with Gasteiger partial charge >= 0.3 is 5.97 Å². The Balaban J connectivity index is 2.57. The van der Waals surface area contributed by atoms with Gasteiger partial charge in [-0.3, -0.25) is 0 Å². The zero-order valence-corrected chi connectivity index (χ0v) is 12.0. The second-order valence-corrected chi connectivity index (χ2v) is 5.77. The van der Waals surface area contributed by atoms with Crippen LogP contribution in [-0.4, -0.2) is 43.8 Å². The predicted octanol–water partition coefficient (Wildman–Crippen LogP) is 1.50. The fourth-order valence-electron chi connectivity index (χ4n) is 1.79. The molecule has 0 atom stereocenters. The fourth-order valence-corrected chi connectivity index (χ4v) is 1.79. The third-order valence-corrected chi connectivity index (χ3v) is 3.56. The molecule has 5 heteroatoms. The first kappa shape index (κ1) is 16.1. The maximum Gasteiger partial charge on any atom is 0.330 e. The van der Waals surface area contributed by atoms with Gasteiger partial charge in [-0.1, -0.05) is 27.4 Å². The number of carbonyl (C=O) groups is 1. The highest BCUT2D eigenvalue weighted by atomic mass is 16.7. The molecule has 0 bridgehead atoms. The molecule has 0 aromatic rings. The molecular formula is C14H24O5. The number of aliphatic hydroxyl groups is 1. The lowest BCUT2D eigenvalue weighted by atomic mass is 9.85. The molecule has 1 N–H and O–H groups in total. The number of aliphatic hydroxyl groups excluding tert-OH is 1. The molecule has 0 saturated carbocycles. The fraction of sp³-hybridized carbons (Fsp3) is 0.786. The summed E-state index contributed by atoms with van der Waals surface area (Å²) in [4.78, 5) is 11.1. The Bertz CT molecular complexity index is 316. The molecule has 0 spiro atoms. The molecule has 0 aromatic carbocycles. The maximum absolute atomic E-state index is 11.1. The number of ether oxygens (including phenoxy) is 3. The molecule has 1 saturated heterocycles. The normalized spacial score (nSPS) is 27.9. The van der Waals surface area contributed by atoms with Crippen LogP contribution in [0.3, 0.4) is 0 Å². The van der Waals surface area contributed by atoms with E-state index in [0.717, 1.165) is 12.5 Å². The smallest absolute Gasteiger partial charge is 0.330 e. The molecule has 110 valence electrons. The SMILES string of the molecule is C=CC(=O)OCC1(CC)COC(C(C)(C)CO)OC1. The largest absolute Gasteiger partial charge is 0.462 e. The van der Waals surface area contributed by atoms with Crippen molar-refractivity contribution >= 4 is 5.97 Å². The summed E-state index contributed by atoms with van der Waals surface area (Å²) in [5.74, 6) is -0.439. The monoisotopic (exact) mass is 272 g/mol. The van der Waals surface area contributed by atoms with E-state index in [1.165, 1.54) is 0 Å². The van der Waals surface area contributed by atoms with Crippen LogP contribution in [0.1, 0.15) is 27.2 Å². The first-order valence-electron chi connectivity index (χ1n) is 6.52. The van der Waals surface area contributed by atoms with Crippen LogP contribution < -0.4 is 0 Å². The average molecular weight is 272 g/mol. The summed E-state index contributed by atoms with van der Waals surface area (Å²) in [5.41, 5.74) is -0.765. The van der Waals surface area contributed by atoms with Gasteiger partial charge in [-0.25, -0.2) is 4.79 Å². The molecule has 0 amide bonds. The minimum Gasteiger partial charge on any atom is -0.462 e. The standard InChI is InChI=1S/C14H24O5/c1-5-11(16)17-8-14(6-2)9-18-12(19-10-14)13(3,4)7-15/h5,12,15H,1,6-10H2,2-4H3. The second kappa shape index (κ2) is 6.50. The summed E-state index contributed by atoms with van der Waals surface area (Å²) in [7, 11) is 0. The van der Waals surface area contributed by atoms with Gasteiger partial charge in [-0.2, -0.15) is 0 Å². The minimum atomic E-state index is -0.447. The van der Waals surface area contributed by atoms with Crippen LogP contribution in [-0.2, 0) is 19.0 Å². The molecule has 1 fully saturated rings. The molecule has 19 heavy (non-hydrogen) atoms. The number of esters is 1. The Morgan fingerprint density at radius 3 is 2.53 bits per heavy atom. The predicted molar refractivity (Wildman–Crippen MR) is 70.4 cm³/mol. The molecule has 0 aromatic heterocycles. The van der Waals surface area contributed by atoms with Crippen molar-refractivity contribution in [1.82, 2.24) is 0 Å².